The van der Waals surface area contributed by atoms with Crippen molar-refractivity contribution in [3.05, 3.63) is 0 Å². The Bertz CT molecular complexity index is 183. The van der Waals surface area contributed by atoms with E-state index in [0.717, 1.165) is 32.5 Å². The summed E-state index contributed by atoms with van der Waals surface area (Å²) < 4.78 is 5.26. The van der Waals surface area contributed by atoms with Crippen molar-refractivity contribution < 1.29 is 9.53 Å². The molecule has 0 unspecified atom stereocenters. The molecule has 13 heavy (non-hydrogen) atoms. The van der Waals surface area contributed by atoms with Crippen LogP contribution in [0.5, 0.6) is 0 Å². The predicted octanol–water partition coefficient (Wildman–Crippen LogP) is 1.31. The molecule has 0 radical (unpaired) electrons. The second-order valence-corrected chi connectivity index (χ2v) is 4.51. The van der Waals surface area contributed by atoms with Crippen LogP contribution < -0.4 is 5.73 Å². The Morgan fingerprint density at radius 2 is 2.00 bits per heavy atom. The van der Waals surface area contributed by atoms with Gasteiger partial charge in [-0.2, -0.15) is 0 Å². The molecule has 3 heteroatoms. The highest BCUT2D eigenvalue weighted by atomic mass is 16.5. The minimum atomic E-state index is -0.359. The van der Waals surface area contributed by atoms with Gasteiger partial charge in [0.05, 0.1) is 0 Å². The van der Waals surface area contributed by atoms with Gasteiger partial charge in [-0.05, 0) is 25.2 Å². The molecular weight excluding hydrogens is 166 g/mol. The zero-order valence-corrected chi connectivity index (χ0v) is 8.51. The minimum absolute atomic E-state index is 0.195. The number of ether oxygens (including phenoxy) is 1. The van der Waals surface area contributed by atoms with Gasteiger partial charge in [0.25, 0.3) is 0 Å². The van der Waals surface area contributed by atoms with E-state index < -0.39 is 0 Å². The summed E-state index contributed by atoms with van der Waals surface area (Å²) in [4.78, 5) is 11.1. The molecule has 1 aliphatic heterocycles. The highest BCUT2D eigenvalue weighted by Gasteiger charge is 2.29. The van der Waals surface area contributed by atoms with Crippen molar-refractivity contribution in [3.63, 3.8) is 0 Å². The lowest BCUT2D eigenvalue weighted by atomic mass is 9.79. The average molecular weight is 185 g/mol. The number of hydrogen-bond acceptors (Lipinski definition) is 2. The Balaban J connectivity index is 2.41. The predicted molar refractivity (Wildman–Crippen MR) is 51.1 cm³/mol. The van der Waals surface area contributed by atoms with Crippen LogP contribution in [0.4, 0.5) is 0 Å². The quantitative estimate of drug-likeness (QED) is 0.720. The Morgan fingerprint density at radius 1 is 1.46 bits per heavy atom. The van der Waals surface area contributed by atoms with Crippen LogP contribution in [0, 0.1) is 11.3 Å². The fourth-order valence-corrected chi connectivity index (χ4v) is 1.77. The van der Waals surface area contributed by atoms with Crippen LogP contribution in [-0.4, -0.2) is 19.1 Å². The van der Waals surface area contributed by atoms with E-state index in [4.69, 9.17) is 10.5 Å². The molecule has 0 atom stereocenters. The SMILES string of the molecule is CC(C)(CC1CCOCC1)C(N)=O. The summed E-state index contributed by atoms with van der Waals surface area (Å²) in [6.07, 6.45) is 3.03. The molecule has 1 aliphatic rings. The summed E-state index contributed by atoms with van der Waals surface area (Å²) >= 11 is 0. The number of hydrogen-bond donors (Lipinski definition) is 1. The maximum absolute atomic E-state index is 11.1. The smallest absolute Gasteiger partial charge is 0.223 e. The molecule has 76 valence electrons. The molecule has 1 saturated heterocycles. The lowest BCUT2D eigenvalue weighted by Crippen LogP contribution is -2.34. The lowest BCUT2D eigenvalue weighted by Gasteiger charge is -2.29. The van der Waals surface area contributed by atoms with Crippen LogP contribution >= 0.6 is 0 Å². The van der Waals surface area contributed by atoms with Crippen LogP contribution in [0.15, 0.2) is 0 Å². The Kier molecular flexibility index (Phi) is 3.31. The maximum Gasteiger partial charge on any atom is 0.223 e. The van der Waals surface area contributed by atoms with Gasteiger partial charge >= 0.3 is 0 Å². The first-order valence-corrected chi connectivity index (χ1v) is 4.90. The summed E-state index contributed by atoms with van der Waals surface area (Å²) in [6.45, 7) is 5.51. The molecule has 3 nitrogen and oxygen atoms in total. The number of carbonyl (C=O) groups excluding carboxylic acids is 1. The minimum Gasteiger partial charge on any atom is -0.381 e. The maximum atomic E-state index is 11.1. The second kappa shape index (κ2) is 4.09. The number of amides is 1. The van der Waals surface area contributed by atoms with Gasteiger partial charge in [0.2, 0.25) is 5.91 Å². The van der Waals surface area contributed by atoms with E-state index in [9.17, 15) is 4.79 Å². The standard InChI is InChI=1S/C10H19NO2/c1-10(2,9(11)12)7-8-3-5-13-6-4-8/h8H,3-7H2,1-2H3,(H2,11,12). The molecule has 1 rings (SSSR count). The summed E-state index contributed by atoms with van der Waals surface area (Å²) in [5.41, 5.74) is 4.96. The Labute approximate surface area is 79.6 Å². The molecule has 0 aromatic rings. The molecule has 0 bridgehead atoms. The van der Waals surface area contributed by atoms with Crippen LogP contribution in [0.3, 0.4) is 0 Å². The van der Waals surface area contributed by atoms with Gasteiger partial charge < -0.3 is 10.5 Å². The van der Waals surface area contributed by atoms with E-state index in [2.05, 4.69) is 0 Å². The fraction of sp³-hybridized carbons (Fsp3) is 0.900. The summed E-state index contributed by atoms with van der Waals surface area (Å²) in [5, 5.41) is 0. The first-order valence-electron chi connectivity index (χ1n) is 4.90. The summed E-state index contributed by atoms with van der Waals surface area (Å²) in [6, 6.07) is 0. The highest BCUT2D eigenvalue weighted by molar-refractivity contribution is 5.79. The van der Waals surface area contributed by atoms with Crippen LogP contribution in [0.2, 0.25) is 0 Å². The third kappa shape index (κ3) is 2.99. The fourth-order valence-electron chi connectivity index (χ4n) is 1.77. The molecule has 0 saturated carbocycles. The van der Waals surface area contributed by atoms with Gasteiger partial charge in [0.1, 0.15) is 0 Å². The zero-order chi connectivity index (χ0) is 9.90. The van der Waals surface area contributed by atoms with E-state index in [1.807, 2.05) is 13.8 Å². The summed E-state index contributed by atoms with van der Waals surface area (Å²) in [7, 11) is 0. The number of rotatable bonds is 3. The topological polar surface area (TPSA) is 52.3 Å². The molecule has 0 aromatic carbocycles. The van der Waals surface area contributed by atoms with Crippen molar-refractivity contribution in [2.75, 3.05) is 13.2 Å². The molecular formula is C10H19NO2. The first kappa shape index (κ1) is 10.5. The van der Waals surface area contributed by atoms with Gasteiger partial charge in [-0.3, -0.25) is 4.79 Å². The molecule has 1 heterocycles. The van der Waals surface area contributed by atoms with Gasteiger partial charge in [0.15, 0.2) is 0 Å². The zero-order valence-electron chi connectivity index (χ0n) is 8.51. The normalized spacial score (nSPS) is 20.2. The van der Waals surface area contributed by atoms with E-state index in [-0.39, 0.29) is 11.3 Å². The van der Waals surface area contributed by atoms with Crippen molar-refractivity contribution in [3.8, 4) is 0 Å². The van der Waals surface area contributed by atoms with Crippen LogP contribution in [0.25, 0.3) is 0 Å². The van der Waals surface area contributed by atoms with Gasteiger partial charge in [-0.15, -0.1) is 0 Å². The first-order chi connectivity index (χ1) is 6.02. The van der Waals surface area contributed by atoms with Gasteiger partial charge in [-0.1, -0.05) is 13.8 Å². The monoisotopic (exact) mass is 185 g/mol. The Morgan fingerprint density at radius 3 is 2.46 bits per heavy atom. The van der Waals surface area contributed by atoms with Crippen molar-refractivity contribution in [2.24, 2.45) is 17.1 Å². The van der Waals surface area contributed by atoms with E-state index in [0.29, 0.717) is 5.92 Å². The Hall–Kier alpha value is -0.570. The molecule has 0 aliphatic carbocycles. The summed E-state index contributed by atoms with van der Waals surface area (Å²) in [5.74, 6) is 0.412. The average Bonchev–Trinajstić information content (AvgIpc) is 2.05. The number of carbonyl (C=O) groups is 1. The van der Waals surface area contributed by atoms with Crippen molar-refractivity contribution in [1.29, 1.82) is 0 Å². The van der Waals surface area contributed by atoms with E-state index in [1.54, 1.807) is 0 Å². The molecule has 1 fully saturated rings. The van der Waals surface area contributed by atoms with Gasteiger partial charge in [-0.25, -0.2) is 0 Å². The van der Waals surface area contributed by atoms with Crippen molar-refractivity contribution in [1.82, 2.24) is 0 Å². The van der Waals surface area contributed by atoms with Gasteiger partial charge in [0, 0.05) is 18.6 Å². The molecule has 0 aromatic heterocycles. The highest BCUT2D eigenvalue weighted by Crippen LogP contribution is 2.30. The van der Waals surface area contributed by atoms with E-state index in [1.165, 1.54) is 0 Å². The lowest BCUT2D eigenvalue weighted by molar-refractivity contribution is -0.127. The number of primary amides is 1. The third-order valence-corrected chi connectivity index (χ3v) is 2.81. The van der Waals surface area contributed by atoms with Crippen LogP contribution in [0.1, 0.15) is 33.1 Å². The molecule has 2 N–H and O–H groups in total. The third-order valence-electron chi connectivity index (χ3n) is 2.81. The molecule has 0 spiro atoms. The second-order valence-electron chi connectivity index (χ2n) is 4.51. The van der Waals surface area contributed by atoms with Crippen molar-refractivity contribution >= 4 is 5.91 Å². The van der Waals surface area contributed by atoms with E-state index >= 15 is 0 Å². The molecule has 1 amide bonds. The van der Waals surface area contributed by atoms with Crippen molar-refractivity contribution in [2.45, 2.75) is 33.1 Å². The van der Waals surface area contributed by atoms with Crippen LogP contribution in [-0.2, 0) is 9.53 Å². The largest absolute Gasteiger partial charge is 0.381 e. The number of nitrogens with two attached hydrogens (primary N) is 1.